The van der Waals surface area contributed by atoms with Gasteiger partial charge < -0.3 is 52.1 Å². The van der Waals surface area contributed by atoms with Crippen molar-refractivity contribution in [2.75, 3.05) is 132 Å². The minimum Gasteiger partial charge on any atom is -0.463 e. The van der Waals surface area contributed by atoms with Crippen molar-refractivity contribution in [2.24, 2.45) is 0 Å². The lowest BCUT2D eigenvalue weighted by atomic mass is 10.0. The van der Waals surface area contributed by atoms with E-state index in [-0.39, 0.29) is 25.2 Å². The van der Waals surface area contributed by atoms with E-state index in [9.17, 15) is 9.59 Å². The third-order valence-electron chi connectivity index (χ3n) is 8.92. The number of hydrogen-bond acceptors (Lipinski definition) is 13. The Hall–Kier alpha value is -2.20. The van der Waals surface area contributed by atoms with Crippen LogP contribution in [0.3, 0.4) is 0 Å². The fourth-order valence-electron chi connectivity index (χ4n) is 5.64. The average Bonchev–Trinajstić information content (AvgIpc) is 3.24. The summed E-state index contributed by atoms with van der Waals surface area (Å²) in [7, 11) is 0. The molecule has 0 aliphatic carbocycles. The number of benzene rings is 1. The molecule has 0 N–H and O–H groups in total. The summed E-state index contributed by atoms with van der Waals surface area (Å²) in [6, 6.07) is 8.86. The number of unbranched alkanes of at least 4 members (excludes halogenated alkanes) is 14. The molecule has 1 aromatic carbocycles. The Morgan fingerprint density at radius 2 is 0.621 bits per heavy atom. The van der Waals surface area contributed by atoms with Gasteiger partial charge in [-0.1, -0.05) is 115 Å². The molecule has 0 bridgehead atoms. The molecule has 58 heavy (non-hydrogen) atoms. The van der Waals surface area contributed by atoms with Crippen molar-refractivity contribution in [1.29, 1.82) is 0 Å². The second-order valence-corrected chi connectivity index (χ2v) is 13.9. The van der Waals surface area contributed by atoms with Crippen LogP contribution in [0.4, 0.5) is 0 Å². The zero-order valence-corrected chi connectivity index (χ0v) is 36.1. The Kier molecular flexibility index (Phi) is 42.6. The third-order valence-corrected chi connectivity index (χ3v) is 8.92. The second-order valence-electron chi connectivity index (χ2n) is 13.9. The van der Waals surface area contributed by atoms with Crippen LogP contribution in [-0.4, -0.2) is 144 Å². The van der Waals surface area contributed by atoms with E-state index in [1.807, 2.05) is 6.07 Å². The highest BCUT2D eigenvalue weighted by Gasteiger charge is 2.06. The summed E-state index contributed by atoms with van der Waals surface area (Å²) in [5.74, 6) is -0.492. The molecule has 0 spiro atoms. The van der Waals surface area contributed by atoms with Crippen LogP contribution >= 0.6 is 0 Å². The topological polar surface area (TPSA) is 136 Å². The Bertz CT molecular complexity index is 985. The van der Waals surface area contributed by atoms with Crippen LogP contribution in [0, 0.1) is 0 Å². The van der Waals surface area contributed by atoms with E-state index in [1.165, 1.54) is 83.5 Å². The normalized spacial score (nSPS) is 11.3. The molecule has 0 saturated carbocycles. The van der Waals surface area contributed by atoms with Gasteiger partial charge in [-0.25, -0.2) is 4.79 Å². The number of rotatable bonds is 47. The van der Waals surface area contributed by atoms with E-state index in [0.29, 0.717) is 131 Å². The van der Waals surface area contributed by atoms with Gasteiger partial charge in [-0.2, -0.15) is 0 Å². The Balaban J connectivity index is 1.64. The largest absolute Gasteiger partial charge is 0.463 e. The maximum atomic E-state index is 11.9. The zero-order chi connectivity index (χ0) is 41.5. The van der Waals surface area contributed by atoms with Gasteiger partial charge in [-0.3, -0.25) is 4.79 Å². The summed E-state index contributed by atoms with van der Waals surface area (Å²) in [4.78, 5) is 23.7. The molecule has 0 unspecified atom stereocenters. The number of esters is 2. The van der Waals surface area contributed by atoms with E-state index in [0.717, 1.165) is 12.8 Å². The molecule has 0 aliphatic heterocycles. The van der Waals surface area contributed by atoms with E-state index in [1.54, 1.807) is 24.3 Å². The van der Waals surface area contributed by atoms with Crippen molar-refractivity contribution < 1.29 is 61.7 Å². The standard InChI is InChI=1S/C45H80O13/c1-2-3-4-5-6-7-8-9-10-11-12-13-14-15-19-22-44(46)57-41-39-55-37-35-53-33-31-51-29-27-49-25-23-48-24-26-50-28-30-52-32-34-54-36-38-56-40-42-58-45(47)43-20-17-16-18-21-43/h16-18,20-21H,2-15,19,22-42H2,1H3. The lowest BCUT2D eigenvalue weighted by Crippen LogP contribution is -2.16. The van der Waals surface area contributed by atoms with Crippen LogP contribution in [-0.2, 0) is 56.9 Å². The first-order valence-corrected chi connectivity index (χ1v) is 22.3. The summed E-state index contributed by atoms with van der Waals surface area (Å²) in [5, 5.41) is 0. The minimum atomic E-state index is -0.357. The van der Waals surface area contributed by atoms with Gasteiger partial charge >= 0.3 is 11.9 Å². The van der Waals surface area contributed by atoms with Crippen LogP contribution in [0.2, 0.25) is 0 Å². The molecule has 1 rings (SSSR count). The highest BCUT2D eigenvalue weighted by atomic mass is 16.6. The third kappa shape index (κ3) is 40.6. The number of carbonyl (C=O) groups is 2. The molecule has 0 heterocycles. The molecule has 0 saturated heterocycles. The van der Waals surface area contributed by atoms with Gasteiger partial charge in [0.25, 0.3) is 0 Å². The molecule has 0 aliphatic rings. The average molecular weight is 829 g/mol. The van der Waals surface area contributed by atoms with E-state index in [2.05, 4.69) is 6.92 Å². The van der Waals surface area contributed by atoms with Crippen LogP contribution in [0.5, 0.6) is 0 Å². The lowest BCUT2D eigenvalue weighted by molar-refractivity contribution is -0.145. The SMILES string of the molecule is CCCCCCCCCCCCCCCCCC(=O)OCCOCCOCCOCCOCCOCCOCCOCCOCCOCCOC(=O)c1ccccc1. The van der Waals surface area contributed by atoms with E-state index < -0.39 is 0 Å². The van der Waals surface area contributed by atoms with Gasteiger partial charge in [0.15, 0.2) is 0 Å². The Morgan fingerprint density at radius 1 is 0.345 bits per heavy atom. The molecule has 0 radical (unpaired) electrons. The van der Waals surface area contributed by atoms with Crippen molar-refractivity contribution >= 4 is 11.9 Å². The van der Waals surface area contributed by atoms with Gasteiger partial charge in [0.05, 0.1) is 124 Å². The fourth-order valence-corrected chi connectivity index (χ4v) is 5.64. The second kappa shape index (κ2) is 45.9. The first-order valence-electron chi connectivity index (χ1n) is 22.3. The number of ether oxygens (including phenoxy) is 11. The van der Waals surface area contributed by atoms with Gasteiger partial charge in [0, 0.05) is 6.42 Å². The smallest absolute Gasteiger partial charge is 0.338 e. The van der Waals surface area contributed by atoms with Gasteiger partial charge in [0.1, 0.15) is 13.2 Å². The summed E-state index contributed by atoms with van der Waals surface area (Å²) in [6.45, 7) is 11.0. The van der Waals surface area contributed by atoms with Gasteiger partial charge in [0.2, 0.25) is 0 Å². The Morgan fingerprint density at radius 3 is 0.948 bits per heavy atom. The highest BCUT2D eigenvalue weighted by Crippen LogP contribution is 2.14. The number of carbonyl (C=O) groups excluding carboxylic acids is 2. The molecular formula is C45H80O13. The van der Waals surface area contributed by atoms with Crippen LogP contribution in [0.15, 0.2) is 30.3 Å². The molecule has 13 nitrogen and oxygen atoms in total. The first-order chi connectivity index (χ1) is 28.7. The molecule has 0 aromatic heterocycles. The van der Waals surface area contributed by atoms with Crippen molar-refractivity contribution in [3.8, 4) is 0 Å². The summed E-state index contributed by atoms with van der Waals surface area (Å²) >= 11 is 0. The first kappa shape index (κ1) is 53.8. The van der Waals surface area contributed by atoms with Crippen LogP contribution in [0.1, 0.15) is 120 Å². The summed E-state index contributed by atoms with van der Waals surface area (Å²) in [6.07, 6.45) is 20.2. The monoisotopic (exact) mass is 829 g/mol. The molecule has 1 aromatic rings. The number of hydrogen-bond donors (Lipinski definition) is 0. The predicted molar refractivity (Wildman–Crippen MR) is 225 cm³/mol. The molecule has 13 heteroatoms. The highest BCUT2D eigenvalue weighted by molar-refractivity contribution is 5.89. The summed E-state index contributed by atoms with van der Waals surface area (Å²) in [5.41, 5.74) is 0.524. The molecule has 0 amide bonds. The van der Waals surface area contributed by atoms with Crippen LogP contribution in [0.25, 0.3) is 0 Å². The molecular weight excluding hydrogens is 748 g/mol. The van der Waals surface area contributed by atoms with Crippen molar-refractivity contribution in [1.82, 2.24) is 0 Å². The van der Waals surface area contributed by atoms with Crippen molar-refractivity contribution in [3.63, 3.8) is 0 Å². The van der Waals surface area contributed by atoms with E-state index >= 15 is 0 Å². The predicted octanol–water partition coefficient (Wildman–Crippen LogP) is 7.80. The van der Waals surface area contributed by atoms with E-state index in [4.69, 9.17) is 52.1 Å². The summed E-state index contributed by atoms with van der Waals surface area (Å²) < 4.78 is 59.7. The quantitative estimate of drug-likeness (QED) is 0.0468. The van der Waals surface area contributed by atoms with Crippen molar-refractivity contribution in [2.45, 2.75) is 110 Å². The lowest BCUT2D eigenvalue weighted by Gasteiger charge is -2.09. The van der Waals surface area contributed by atoms with Gasteiger partial charge in [-0.05, 0) is 18.6 Å². The van der Waals surface area contributed by atoms with Crippen molar-refractivity contribution in [3.05, 3.63) is 35.9 Å². The minimum absolute atomic E-state index is 0.134. The fraction of sp³-hybridized carbons (Fsp3) is 0.822. The Labute approximate surface area is 350 Å². The molecule has 338 valence electrons. The maximum Gasteiger partial charge on any atom is 0.338 e. The van der Waals surface area contributed by atoms with Crippen LogP contribution < -0.4 is 0 Å². The maximum absolute atomic E-state index is 11.9. The zero-order valence-electron chi connectivity index (χ0n) is 36.1. The van der Waals surface area contributed by atoms with Gasteiger partial charge in [-0.15, -0.1) is 0 Å². The molecule has 0 atom stereocenters. The molecule has 0 fully saturated rings.